The van der Waals surface area contributed by atoms with Gasteiger partial charge in [-0.05, 0) is 41.3 Å². The Bertz CT molecular complexity index is 953. The van der Waals surface area contributed by atoms with E-state index in [0.29, 0.717) is 17.0 Å². The van der Waals surface area contributed by atoms with Crippen molar-refractivity contribution in [3.63, 3.8) is 0 Å². The maximum absolute atomic E-state index is 13.5. The molecule has 1 unspecified atom stereocenters. The van der Waals surface area contributed by atoms with Gasteiger partial charge in [-0.25, -0.2) is 13.6 Å². The Morgan fingerprint density at radius 3 is 2.42 bits per heavy atom. The van der Waals surface area contributed by atoms with E-state index in [-0.39, 0.29) is 12.5 Å². The van der Waals surface area contributed by atoms with Gasteiger partial charge in [0.2, 0.25) is 0 Å². The van der Waals surface area contributed by atoms with Crippen molar-refractivity contribution in [2.45, 2.75) is 11.8 Å². The minimum absolute atomic E-state index is 0.0269. The van der Waals surface area contributed by atoms with Gasteiger partial charge in [0.15, 0.2) is 5.25 Å². The highest BCUT2D eigenvalue weighted by Gasteiger charge is 2.49. The van der Waals surface area contributed by atoms with Gasteiger partial charge in [0.25, 0.3) is 0 Å². The molecule has 26 heavy (non-hydrogen) atoms. The Kier molecular flexibility index (Phi) is 4.16. The topological polar surface area (TPSA) is 40.4 Å². The molecule has 4 nitrogen and oxygen atoms in total. The van der Waals surface area contributed by atoms with Gasteiger partial charge >= 0.3 is 11.9 Å². The number of urea groups is 1. The Morgan fingerprint density at radius 1 is 1.04 bits per heavy atom. The molecule has 0 N–H and O–H groups in total. The molecule has 0 fully saturated rings. The van der Waals surface area contributed by atoms with Crippen LogP contribution in [-0.4, -0.2) is 27.5 Å². The molecule has 2 heterocycles. The van der Waals surface area contributed by atoms with Crippen LogP contribution in [0.1, 0.15) is 5.56 Å². The number of fused-ring (bicyclic) bond motifs is 1. The molecule has 0 saturated carbocycles. The zero-order chi connectivity index (χ0) is 18.3. The number of anilines is 1. The zero-order valence-electron chi connectivity index (χ0n) is 13.4. The highest BCUT2D eigenvalue weighted by Crippen LogP contribution is 2.31. The predicted octanol–water partition coefficient (Wildman–Crippen LogP) is 3.71. The number of carbonyl (C=O) groups excluding carboxylic acids is 2. The third-order valence-corrected chi connectivity index (χ3v) is 5.19. The number of carbonyl (C=O) groups is 2. The van der Waals surface area contributed by atoms with Crippen LogP contribution in [-0.2, 0) is 11.3 Å². The molecule has 3 amide bonds. The fraction of sp³-hybridized carbons (Fsp3) is 0.105. The first-order valence-corrected chi connectivity index (χ1v) is 8.83. The first-order valence-electron chi connectivity index (χ1n) is 7.89. The summed E-state index contributed by atoms with van der Waals surface area (Å²) in [5, 5.41) is 1.20. The maximum atomic E-state index is 13.5. The number of thioether (sulfide) groups is 1. The molecular weight excluding hydrogens is 358 g/mol. The van der Waals surface area contributed by atoms with Gasteiger partial charge in [0, 0.05) is 6.07 Å². The molecule has 2 aliphatic heterocycles. The fourth-order valence-corrected chi connectivity index (χ4v) is 4.00. The second kappa shape index (κ2) is 6.49. The van der Waals surface area contributed by atoms with Crippen molar-refractivity contribution in [3.05, 3.63) is 77.2 Å². The van der Waals surface area contributed by atoms with Crippen LogP contribution < -0.4 is 4.90 Å². The molecule has 0 spiro atoms. The molecule has 0 aromatic heterocycles. The van der Waals surface area contributed by atoms with Crippen molar-refractivity contribution in [2.24, 2.45) is 0 Å². The Hall–Kier alpha value is -2.80. The average Bonchev–Trinajstić information content (AvgIpc) is 3.09. The quantitative estimate of drug-likeness (QED) is 0.773. The van der Waals surface area contributed by atoms with Crippen molar-refractivity contribution in [1.29, 1.82) is 0 Å². The van der Waals surface area contributed by atoms with Gasteiger partial charge < -0.3 is 0 Å². The van der Waals surface area contributed by atoms with E-state index in [4.69, 9.17) is 0 Å². The van der Waals surface area contributed by atoms with E-state index in [2.05, 4.69) is 0 Å². The van der Waals surface area contributed by atoms with Crippen molar-refractivity contribution in [3.8, 4) is 0 Å². The number of rotatable bonds is 3. The Labute approximate surface area is 152 Å². The monoisotopic (exact) mass is 371 g/mol. The second-order valence-electron chi connectivity index (χ2n) is 5.90. The van der Waals surface area contributed by atoms with Crippen LogP contribution >= 0.6 is 11.8 Å². The number of hydrogen-bond donors (Lipinski definition) is 0. The van der Waals surface area contributed by atoms with E-state index in [0.717, 1.165) is 11.0 Å². The molecule has 130 valence electrons. The fourth-order valence-electron chi connectivity index (χ4n) is 3.06. The van der Waals surface area contributed by atoms with Crippen molar-refractivity contribution in [1.82, 2.24) is 0 Å². The first kappa shape index (κ1) is 16.7. The number of nitrogens with zero attached hydrogens (tertiary/aromatic N) is 2. The van der Waals surface area contributed by atoms with Crippen LogP contribution in [0.5, 0.6) is 0 Å². The van der Waals surface area contributed by atoms with Crippen LogP contribution in [0, 0.1) is 11.6 Å². The predicted molar refractivity (Wildman–Crippen MR) is 95.2 cm³/mol. The molecule has 0 bridgehead atoms. The largest absolute Gasteiger partial charge is 0.506 e. The molecule has 0 saturated heterocycles. The smallest absolute Gasteiger partial charge is 0.244 e. The summed E-state index contributed by atoms with van der Waals surface area (Å²) in [4.78, 5) is 26.9. The molecule has 0 radical (unpaired) electrons. The van der Waals surface area contributed by atoms with E-state index < -0.39 is 22.9 Å². The van der Waals surface area contributed by atoms with Gasteiger partial charge in [-0.3, -0.25) is 0 Å². The first-order chi connectivity index (χ1) is 12.5. The number of hydrogen-bond acceptors (Lipinski definition) is 3. The maximum Gasteiger partial charge on any atom is 0.506 e. The third-order valence-electron chi connectivity index (χ3n) is 4.18. The van der Waals surface area contributed by atoms with Gasteiger partial charge in [-0.1, -0.05) is 18.2 Å². The highest BCUT2D eigenvalue weighted by molar-refractivity contribution is 8.04. The number of para-hydroxylation sites is 1. The van der Waals surface area contributed by atoms with Crippen LogP contribution in [0.25, 0.3) is 0 Å². The average molecular weight is 371 g/mol. The van der Waals surface area contributed by atoms with Crippen molar-refractivity contribution in [2.75, 3.05) is 4.90 Å². The summed E-state index contributed by atoms with van der Waals surface area (Å²) in [5.41, 5.74) is 1.31. The molecule has 2 aromatic rings. The minimum atomic E-state index is -0.710. The van der Waals surface area contributed by atoms with Crippen LogP contribution in [0.15, 0.2) is 60.0 Å². The van der Waals surface area contributed by atoms with Crippen LogP contribution in [0.2, 0.25) is 0 Å². The molecular formula is C19H13F2N2O2S+. The van der Waals surface area contributed by atoms with E-state index >= 15 is 0 Å². The van der Waals surface area contributed by atoms with Crippen LogP contribution in [0.3, 0.4) is 0 Å². The lowest BCUT2D eigenvalue weighted by atomic mass is 10.1. The van der Waals surface area contributed by atoms with Gasteiger partial charge in [0.1, 0.15) is 29.6 Å². The number of imide groups is 1. The highest BCUT2D eigenvalue weighted by atomic mass is 32.2. The second-order valence-corrected chi connectivity index (χ2v) is 6.92. The summed E-state index contributed by atoms with van der Waals surface area (Å²) in [6.45, 7) is -0.0269. The molecule has 2 aliphatic rings. The summed E-state index contributed by atoms with van der Waals surface area (Å²) in [6.07, 6.45) is 1.70. The molecule has 4 rings (SSSR count). The Balaban J connectivity index is 1.78. The number of benzene rings is 2. The lowest BCUT2D eigenvalue weighted by Crippen LogP contribution is -2.55. The molecule has 1 atom stereocenters. The van der Waals surface area contributed by atoms with Crippen molar-refractivity contribution >= 4 is 35.1 Å². The number of halogens is 2. The summed E-state index contributed by atoms with van der Waals surface area (Å²) in [6, 6.07) is 11.2. The summed E-state index contributed by atoms with van der Waals surface area (Å²) in [5.74, 6) is -1.75. The van der Waals surface area contributed by atoms with Gasteiger partial charge in [-0.2, -0.15) is 9.37 Å². The van der Waals surface area contributed by atoms with Gasteiger partial charge in [-0.15, -0.1) is 16.7 Å². The summed E-state index contributed by atoms with van der Waals surface area (Å²) in [7, 11) is 0. The van der Waals surface area contributed by atoms with E-state index in [1.807, 2.05) is 0 Å². The van der Waals surface area contributed by atoms with E-state index in [1.54, 1.807) is 41.8 Å². The standard InChI is InChI=1S/C19H13F2N2O2S/c20-13-8-12(9-14(21)10-13)11-22-16-6-7-26-17(16)18(24)23(19(22)25)15-4-2-1-3-5-15/h1-10,17H,11H2/q+1. The molecule has 2 aromatic carbocycles. The van der Waals surface area contributed by atoms with Crippen LogP contribution in [0.4, 0.5) is 19.3 Å². The lowest BCUT2D eigenvalue weighted by molar-refractivity contribution is -0.444. The summed E-state index contributed by atoms with van der Waals surface area (Å²) < 4.78 is 28.4. The normalized spacial score (nSPS) is 19.3. The molecule has 7 heteroatoms. The number of allylic oxidation sites excluding steroid dienone is 1. The summed E-state index contributed by atoms with van der Waals surface area (Å²) >= 11 is 1.30. The zero-order valence-corrected chi connectivity index (χ0v) is 14.2. The van der Waals surface area contributed by atoms with Gasteiger partial charge in [0.05, 0.1) is 0 Å². The molecule has 0 aliphatic carbocycles. The van der Waals surface area contributed by atoms with E-state index in [1.165, 1.54) is 28.5 Å². The minimum Gasteiger partial charge on any atom is -0.244 e. The van der Waals surface area contributed by atoms with E-state index in [9.17, 15) is 18.4 Å². The Morgan fingerprint density at radius 2 is 1.73 bits per heavy atom. The lowest BCUT2D eigenvalue weighted by Gasteiger charge is -2.24. The number of amides is 3. The van der Waals surface area contributed by atoms with Crippen molar-refractivity contribution < 1.29 is 22.9 Å². The SMILES string of the molecule is O=C1C2SC=CC2=[N+](Cc2cc(F)cc(F)c2)C(=O)N1c1ccccc1. The third kappa shape index (κ3) is 2.84.